The highest BCUT2D eigenvalue weighted by Gasteiger charge is 2.41. The quantitative estimate of drug-likeness (QED) is 0.777. The van der Waals surface area contributed by atoms with Crippen molar-refractivity contribution in [2.75, 3.05) is 19.6 Å². The Hall–Kier alpha value is -1.71. The number of aliphatic hydroxyl groups is 1. The van der Waals surface area contributed by atoms with Crippen LogP contribution in [0.25, 0.3) is 0 Å². The van der Waals surface area contributed by atoms with Crippen LogP contribution in [0.1, 0.15) is 56.1 Å². The Balaban J connectivity index is 1.99. The number of hydrogen-bond donors (Lipinski definition) is 2. The van der Waals surface area contributed by atoms with E-state index >= 15 is 0 Å². The fourth-order valence-corrected chi connectivity index (χ4v) is 4.43. The summed E-state index contributed by atoms with van der Waals surface area (Å²) >= 11 is 0. The zero-order valence-electron chi connectivity index (χ0n) is 15.8. The average molecular weight is 357 g/mol. The number of rotatable bonds is 7. The molecule has 0 bridgehead atoms. The van der Waals surface area contributed by atoms with E-state index in [4.69, 9.17) is 0 Å². The molecule has 1 heterocycles. The van der Waals surface area contributed by atoms with Crippen molar-refractivity contribution in [3.63, 3.8) is 0 Å². The van der Waals surface area contributed by atoms with Gasteiger partial charge in [-0.15, -0.1) is 0 Å². The van der Waals surface area contributed by atoms with Gasteiger partial charge in [-0.05, 0) is 48.9 Å². The standard InChI is InChI=1S/C23H30FNO/c1-2-15-23(26,20-11-13-21(24)14-12-20)22(19-9-5-3-6-10-19)18-25-16-7-4-8-17-25/h3,5-6,9-14,22,26H,2,4,7-8,15-18H2,1H3/p+1. The van der Waals surface area contributed by atoms with E-state index < -0.39 is 5.60 Å². The number of benzene rings is 2. The summed E-state index contributed by atoms with van der Waals surface area (Å²) in [5.74, 6) is -0.257. The molecule has 2 aromatic rings. The molecule has 0 aliphatic carbocycles. The summed E-state index contributed by atoms with van der Waals surface area (Å²) in [6.07, 6.45) is 5.40. The fraction of sp³-hybridized carbons (Fsp3) is 0.478. The first kappa shape index (κ1) is 19.1. The van der Waals surface area contributed by atoms with Crippen molar-refractivity contribution >= 4 is 0 Å². The Morgan fingerprint density at radius 3 is 2.27 bits per heavy atom. The molecule has 2 aromatic carbocycles. The summed E-state index contributed by atoms with van der Waals surface area (Å²) in [5, 5.41) is 11.9. The monoisotopic (exact) mass is 356 g/mol. The zero-order valence-corrected chi connectivity index (χ0v) is 15.8. The van der Waals surface area contributed by atoms with Crippen molar-refractivity contribution in [2.45, 2.75) is 50.5 Å². The number of likely N-dealkylation sites (tertiary alicyclic amines) is 1. The number of nitrogens with one attached hydrogen (secondary N) is 1. The maximum Gasteiger partial charge on any atom is 0.123 e. The first-order valence-electron chi connectivity index (χ1n) is 10.0. The van der Waals surface area contributed by atoms with Crippen LogP contribution in [0.2, 0.25) is 0 Å². The molecule has 1 aliphatic rings. The van der Waals surface area contributed by atoms with Crippen molar-refractivity contribution < 1.29 is 14.4 Å². The Labute approximate surface area is 156 Å². The van der Waals surface area contributed by atoms with Gasteiger partial charge in [-0.3, -0.25) is 0 Å². The van der Waals surface area contributed by atoms with Gasteiger partial charge in [0, 0.05) is 0 Å². The lowest BCUT2D eigenvalue weighted by Gasteiger charge is -2.39. The molecule has 3 rings (SSSR count). The Bertz CT molecular complexity index is 666. The van der Waals surface area contributed by atoms with Crippen LogP contribution in [0, 0.1) is 5.82 Å². The molecular formula is C23H31FNO+. The molecule has 0 radical (unpaired) electrons. The molecule has 1 aliphatic heterocycles. The van der Waals surface area contributed by atoms with Crippen molar-refractivity contribution in [1.29, 1.82) is 0 Å². The lowest BCUT2D eigenvalue weighted by Crippen LogP contribution is -3.13. The van der Waals surface area contributed by atoms with Crippen LogP contribution < -0.4 is 4.90 Å². The van der Waals surface area contributed by atoms with Gasteiger partial charge in [0.05, 0.1) is 25.6 Å². The molecule has 2 atom stereocenters. The van der Waals surface area contributed by atoms with E-state index in [0.717, 1.165) is 18.5 Å². The van der Waals surface area contributed by atoms with E-state index in [0.29, 0.717) is 6.42 Å². The predicted octanol–water partition coefficient (Wildman–Crippen LogP) is 3.67. The van der Waals surface area contributed by atoms with Gasteiger partial charge in [0.2, 0.25) is 0 Å². The molecule has 3 heteroatoms. The predicted molar refractivity (Wildman–Crippen MR) is 104 cm³/mol. The minimum atomic E-state index is -0.978. The molecule has 0 spiro atoms. The molecule has 26 heavy (non-hydrogen) atoms. The van der Waals surface area contributed by atoms with Gasteiger partial charge in [0.25, 0.3) is 0 Å². The summed E-state index contributed by atoms with van der Waals surface area (Å²) in [5.41, 5.74) is 1.02. The summed E-state index contributed by atoms with van der Waals surface area (Å²) in [7, 11) is 0. The molecule has 1 saturated heterocycles. The van der Waals surface area contributed by atoms with Crippen LogP contribution in [0.3, 0.4) is 0 Å². The van der Waals surface area contributed by atoms with Crippen molar-refractivity contribution in [1.82, 2.24) is 0 Å². The van der Waals surface area contributed by atoms with Gasteiger partial charge in [-0.2, -0.15) is 0 Å². The van der Waals surface area contributed by atoms with E-state index in [2.05, 4.69) is 19.1 Å². The minimum Gasteiger partial charge on any atom is -0.384 e. The molecule has 1 fully saturated rings. The highest BCUT2D eigenvalue weighted by Crippen LogP contribution is 2.40. The number of quaternary nitrogens is 1. The first-order chi connectivity index (χ1) is 12.6. The molecule has 2 unspecified atom stereocenters. The van der Waals surface area contributed by atoms with Crippen LogP contribution in [-0.2, 0) is 5.60 Å². The van der Waals surface area contributed by atoms with E-state index in [1.165, 1.54) is 50.0 Å². The lowest BCUT2D eigenvalue weighted by atomic mass is 9.74. The molecule has 2 N–H and O–H groups in total. The van der Waals surface area contributed by atoms with Crippen molar-refractivity contribution in [2.24, 2.45) is 0 Å². The molecular weight excluding hydrogens is 325 g/mol. The summed E-state index contributed by atoms with van der Waals surface area (Å²) < 4.78 is 13.5. The maximum atomic E-state index is 13.5. The van der Waals surface area contributed by atoms with Gasteiger partial charge in [-0.1, -0.05) is 55.8 Å². The van der Waals surface area contributed by atoms with Crippen molar-refractivity contribution in [3.05, 3.63) is 71.5 Å². The van der Waals surface area contributed by atoms with Crippen LogP contribution in [-0.4, -0.2) is 24.7 Å². The van der Waals surface area contributed by atoms with Crippen LogP contribution in [0.5, 0.6) is 0 Å². The lowest BCUT2D eigenvalue weighted by molar-refractivity contribution is -0.907. The number of hydrogen-bond acceptors (Lipinski definition) is 1. The maximum absolute atomic E-state index is 13.5. The van der Waals surface area contributed by atoms with E-state index in [1.807, 2.05) is 18.2 Å². The fourth-order valence-electron chi connectivity index (χ4n) is 4.43. The van der Waals surface area contributed by atoms with Crippen LogP contribution in [0.4, 0.5) is 4.39 Å². The second kappa shape index (κ2) is 8.79. The largest absolute Gasteiger partial charge is 0.384 e. The van der Waals surface area contributed by atoms with Crippen LogP contribution >= 0.6 is 0 Å². The third-order valence-corrected chi connectivity index (χ3v) is 5.81. The summed E-state index contributed by atoms with van der Waals surface area (Å²) in [4.78, 5) is 1.57. The van der Waals surface area contributed by atoms with E-state index in [-0.39, 0.29) is 11.7 Å². The normalized spacial score (nSPS) is 19.0. The topological polar surface area (TPSA) is 24.7 Å². The second-order valence-corrected chi connectivity index (χ2v) is 7.66. The molecule has 140 valence electrons. The number of piperidine rings is 1. The van der Waals surface area contributed by atoms with E-state index in [1.54, 1.807) is 17.0 Å². The van der Waals surface area contributed by atoms with Gasteiger partial charge in [0.15, 0.2) is 0 Å². The molecule has 0 saturated carbocycles. The molecule has 2 nitrogen and oxygen atoms in total. The third kappa shape index (κ3) is 4.33. The van der Waals surface area contributed by atoms with Crippen molar-refractivity contribution in [3.8, 4) is 0 Å². The highest BCUT2D eigenvalue weighted by molar-refractivity contribution is 5.31. The van der Waals surface area contributed by atoms with Crippen LogP contribution in [0.15, 0.2) is 54.6 Å². The SMILES string of the molecule is CCCC(O)(c1ccc(F)cc1)C(C[NH+]1CCCCC1)c1ccccc1. The molecule has 0 amide bonds. The number of halogens is 1. The Morgan fingerprint density at radius 2 is 1.65 bits per heavy atom. The average Bonchev–Trinajstić information content (AvgIpc) is 2.68. The van der Waals surface area contributed by atoms with E-state index in [9.17, 15) is 9.50 Å². The van der Waals surface area contributed by atoms with Gasteiger partial charge in [-0.25, -0.2) is 4.39 Å². The Kier molecular flexibility index (Phi) is 6.44. The minimum absolute atomic E-state index is 0.00205. The smallest absolute Gasteiger partial charge is 0.123 e. The van der Waals surface area contributed by atoms with Gasteiger partial charge in [0.1, 0.15) is 11.4 Å². The zero-order chi connectivity index (χ0) is 18.4. The summed E-state index contributed by atoms with van der Waals surface area (Å²) in [6.45, 7) is 5.37. The first-order valence-corrected chi connectivity index (χ1v) is 10.0. The highest BCUT2D eigenvalue weighted by atomic mass is 19.1. The summed E-state index contributed by atoms with van der Waals surface area (Å²) in [6, 6.07) is 16.8. The van der Waals surface area contributed by atoms with Gasteiger partial charge >= 0.3 is 0 Å². The third-order valence-electron chi connectivity index (χ3n) is 5.81. The second-order valence-electron chi connectivity index (χ2n) is 7.66. The van der Waals surface area contributed by atoms with Gasteiger partial charge < -0.3 is 10.0 Å². The Morgan fingerprint density at radius 1 is 1.00 bits per heavy atom. The molecule has 0 aromatic heterocycles.